The molecule has 3 rings (SSSR count). The van der Waals surface area contributed by atoms with E-state index in [0.29, 0.717) is 11.8 Å². The minimum absolute atomic E-state index is 0.143. The molecule has 1 amide bonds. The molecule has 1 aliphatic heterocycles. The van der Waals surface area contributed by atoms with Gasteiger partial charge >= 0.3 is 0 Å². The molecule has 2 fully saturated rings. The van der Waals surface area contributed by atoms with E-state index in [1.807, 2.05) is 17.0 Å². The van der Waals surface area contributed by atoms with Crippen LogP contribution in [0.4, 0.5) is 4.39 Å². The fourth-order valence-corrected chi connectivity index (χ4v) is 3.65. The van der Waals surface area contributed by atoms with Gasteiger partial charge in [-0.05, 0) is 55.7 Å². The summed E-state index contributed by atoms with van der Waals surface area (Å²) in [5, 5.41) is 0. The van der Waals surface area contributed by atoms with Crippen molar-refractivity contribution >= 4 is 5.91 Å². The molecule has 1 saturated carbocycles. The van der Waals surface area contributed by atoms with Crippen molar-refractivity contribution in [2.75, 3.05) is 13.1 Å². The number of hydrogen-bond donors (Lipinski definition) is 1. The van der Waals surface area contributed by atoms with Crippen LogP contribution in [0.1, 0.15) is 31.2 Å². The van der Waals surface area contributed by atoms with Gasteiger partial charge in [0.05, 0.1) is 0 Å². The van der Waals surface area contributed by atoms with Crippen molar-refractivity contribution in [3.05, 3.63) is 35.6 Å². The zero-order valence-electron chi connectivity index (χ0n) is 12.3. The molecule has 1 aromatic rings. The summed E-state index contributed by atoms with van der Waals surface area (Å²) in [6.45, 7) is 1.69. The Balaban J connectivity index is 1.53. The molecule has 1 aromatic carbocycles. The van der Waals surface area contributed by atoms with Crippen LogP contribution in [0.5, 0.6) is 0 Å². The van der Waals surface area contributed by atoms with Gasteiger partial charge in [0.15, 0.2) is 0 Å². The van der Waals surface area contributed by atoms with Crippen LogP contribution in [0.15, 0.2) is 24.3 Å². The van der Waals surface area contributed by atoms with Gasteiger partial charge in [0.25, 0.3) is 0 Å². The van der Waals surface area contributed by atoms with Crippen LogP contribution in [0.2, 0.25) is 0 Å². The third kappa shape index (κ3) is 3.43. The van der Waals surface area contributed by atoms with E-state index < -0.39 is 0 Å². The summed E-state index contributed by atoms with van der Waals surface area (Å²) in [7, 11) is 0. The van der Waals surface area contributed by atoms with E-state index in [1.54, 1.807) is 0 Å². The highest BCUT2D eigenvalue weighted by Gasteiger charge is 2.34. The minimum atomic E-state index is -0.195. The molecule has 4 heteroatoms. The number of halogens is 1. The van der Waals surface area contributed by atoms with E-state index in [2.05, 4.69) is 0 Å². The second-order valence-electron chi connectivity index (χ2n) is 6.54. The molecule has 0 aromatic heterocycles. The molecular weight excluding hydrogens is 267 g/mol. The summed E-state index contributed by atoms with van der Waals surface area (Å²) in [5.74, 6) is 0.739. The number of benzene rings is 1. The Morgan fingerprint density at radius 1 is 1.24 bits per heavy atom. The Morgan fingerprint density at radius 2 is 2.00 bits per heavy atom. The van der Waals surface area contributed by atoms with E-state index in [4.69, 9.17) is 5.73 Å². The van der Waals surface area contributed by atoms with Crippen LogP contribution >= 0.6 is 0 Å². The maximum absolute atomic E-state index is 12.9. The predicted molar refractivity (Wildman–Crippen MR) is 80.1 cm³/mol. The number of hydrogen-bond acceptors (Lipinski definition) is 2. The molecule has 0 spiro atoms. The van der Waals surface area contributed by atoms with Crippen LogP contribution < -0.4 is 5.73 Å². The van der Waals surface area contributed by atoms with E-state index in [0.717, 1.165) is 50.8 Å². The summed E-state index contributed by atoms with van der Waals surface area (Å²) in [4.78, 5) is 14.5. The summed E-state index contributed by atoms with van der Waals surface area (Å²) in [6.07, 6.45) is 4.73. The highest BCUT2D eigenvalue weighted by Crippen LogP contribution is 2.29. The van der Waals surface area contributed by atoms with Crippen LogP contribution in [0.25, 0.3) is 0 Å². The Morgan fingerprint density at radius 3 is 2.67 bits per heavy atom. The Labute approximate surface area is 125 Å². The molecule has 0 bridgehead atoms. The zero-order valence-corrected chi connectivity index (χ0v) is 12.3. The summed E-state index contributed by atoms with van der Waals surface area (Å²) in [5.41, 5.74) is 7.05. The highest BCUT2D eigenvalue weighted by atomic mass is 19.1. The van der Waals surface area contributed by atoms with Gasteiger partial charge in [0, 0.05) is 25.0 Å². The van der Waals surface area contributed by atoms with Crippen molar-refractivity contribution in [2.24, 2.45) is 17.6 Å². The lowest BCUT2D eigenvalue weighted by atomic mass is 9.99. The van der Waals surface area contributed by atoms with Gasteiger partial charge < -0.3 is 10.6 Å². The second kappa shape index (κ2) is 6.14. The fourth-order valence-electron chi connectivity index (χ4n) is 3.65. The number of carbonyl (C=O) groups is 1. The number of nitrogens with zero attached hydrogens (tertiary/aromatic N) is 1. The zero-order chi connectivity index (χ0) is 14.8. The van der Waals surface area contributed by atoms with Crippen LogP contribution in [-0.2, 0) is 11.2 Å². The lowest BCUT2D eigenvalue weighted by Gasteiger charge is -2.20. The third-order valence-electron chi connectivity index (χ3n) is 4.86. The predicted octanol–water partition coefficient (Wildman–Crippen LogP) is 2.34. The Kier molecular flexibility index (Phi) is 4.24. The number of amides is 1. The topological polar surface area (TPSA) is 46.3 Å². The minimum Gasteiger partial charge on any atom is -0.342 e. The van der Waals surface area contributed by atoms with Gasteiger partial charge in [-0.1, -0.05) is 12.1 Å². The van der Waals surface area contributed by atoms with Gasteiger partial charge in [-0.3, -0.25) is 4.79 Å². The quantitative estimate of drug-likeness (QED) is 0.929. The average molecular weight is 290 g/mol. The smallest absolute Gasteiger partial charge is 0.225 e. The van der Waals surface area contributed by atoms with E-state index in [-0.39, 0.29) is 17.8 Å². The van der Waals surface area contributed by atoms with Crippen molar-refractivity contribution < 1.29 is 9.18 Å². The standard InChI is InChI=1S/C17H23FN2O/c18-15-4-1-12(2-5-15)9-13-7-8-20(11-13)17(21)14-3-6-16(19)10-14/h1-2,4-5,13-14,16H,3,6-11,19H2. The first kappa shape index (κ1) is 14.5. The molecule has 3 unspecified atom stereocenters. The largest absolute Gasteiger partial charge is 0.342 e. The molecule has 2 N–H and O–H groups in total. The lowest BCUT2D eigenvalue weighted by molar-refractivity contribution is -0.134. The van der Waals surface area contributed by atoms with Crippen LogP contribution in [0.3, 0.4) is 0 Å². The average Bonchev–Trinajstić information content (AvgIpc) is 3.10. The first-order valence-electron chi connectivity index (χ1n) is 7.90. The number of nitrogens with two attached hydrogens (primary N) is 1. The molecule has 3 atom stereocenters. The number of rotatable bonds is 3. The summed E-state index contributed by atoms with van der Waals surface area (Å²) in [6, 6.07) is 6.91. The molecule has 114 valence electrons. The van der Waals surface area contributed by atoms with E-state index in [9.17, 15) is 9.18 Å². The number of likely N-dealkylation sites (tertiary alicyclic amines) is 1. The molecule has 1 heterocycles. The van der Waals surface area contributed by atoms with E-state index >= 15 is 0 Å². The fraction of sp³-hybridized carbons (Fsp3) is 0.588. The van der Waals surface area contributed by atoms with Crippen molar-refractivity contribution in [3.8, 4) is 0 Å². The van der Waals surface area contributed by atoms with Crippen molar-refractivity contribution in [3.63, 3.8) is 0 Å². The van der Waals surface area contributed by atoms with Crippen LogP contribution in [0, 0.1) is 17.7 Å². The molecule has 3 nitrogen and oxygen atoms in total. The van der Waals surface area contributed by atoms with Crippen molar-refractivity contribution in [1.29, 1.82) is 0 Å². The van der Waals surface area contributed by atoms with E-state index in [1.165, 1.54) is 12.1 Å². The lowest BCUT2D eigenvalue weighted by Crippen LogP contribution is -2.34. The van der Waals surface area contributed by atoms with Gasteiger partial charge in [0.2, 0.25) is 5.91 Å². The maximum atomic E-state index is 12.9. The van der Waals surface area contributed by atoms with Crippen molar-refractivity contribution in [1.82, 2.24) is 4.90 Å². The normalized spacial score (nSPS) is 29.0. The molecular formula is C17H23FN2O. The first-order valence-corrected chi connectivity index (χ1v) is 7.90. The van der Waals surface area contributed by atoms with Gasteiger partial charge in [-0.2, -0.15) is 0 Å². The highest BCUT2D eigenvalue weighted by molar-refractivity contribution is 5.79. The first-order chi connectivity index (χ1) is 10.1. The Bertz CT molecular complexity index is 502. The summed E-state index contributed by atoms with van der Waals surface area (Å²) < 4.78 is 12.9. The van der Waals surface area contributed by atoms with Crippen LogP contribution in [-0.4, -0.2) is 29.9 Å². The second-order valence-corrected chi connectivity index (χ2v) is 6.54. The van der Waals surface area contributed by atoms with Gasteiger partial charge in [-0.25, -0.2) is 4.39 Å². The molecule has 2 aliphatic rings. The summed E-state index contributed by atoms with van der Waals surface area (Å²) >= 11 is 0. The molecule has 1 saturated heterocycles. The number of carbonyl (C=O) groups excluding carboxylic acids is 1. The molecule has 1 aliphatic carbocycles. The molecule has 0 radical (unpaired) electrons. The third-order valence-corrected chi connectivity index (χ3v) is 4.86. The van der Waals surface area contributed by atoms with Gasteiger partial charge in [-0.15, -0.1) is 0 Å². The van der Waals surface area contributed by atoms with Gasteiger partial charge in [0.1, 0.15) is 5.82 Å². The SMILES string of the molecule is NC1CCC(C(=O)N2CCC(Cc3ccc(F)cc3)C2)C1. The van der Waals surface area contributed by atoms with Crippen molar-refractivity contribution in [2.45, 2.75) is 38.1 Å². The molecule has 21 heavy (non-hydrogen) atoms. The monoisotopic (exact) mass is 290 g/mol. The maximum Gasteiger partial charge on any atom is 0.225 e. The Hall–Kier alpha value is -1.42.